The van der Waals surface area contributed by atoms with Crippen LogP contribution in [0.25, 0.3) is 0 Å². The van der Waals surface area contributed by atoms with Crippen LogP contribution in [-0.2, 0) is 4.74 Å². The van der Waals surface area contributed by atoms with Crippen molar-refractivity contribution in [3.05, 3.63) is 23.9 Å². The highest BCUT2D eigenvalue weighted by Crippen LogP contribution is 2.10. The average molecular weight is 221 g/mol. The smallest absolute Gasteiger partial charge is 0.128 e. The van der Waals surface area contributed by atoms with E-state index in [2.05, 4.69) is 28.3 Å². The third-order valence-electron chi connectivity index (χ3n) is 2.77. The van der Waals surface area contributed by atoms with Crippen LogP contribution in [0.5, 0.6) is 0 Å². The van der Waals surface area contributed by atoms with Crippen molar-refractivity contribution in [3.8, 4) is 0 Å². The minimum Gasteiger partial charge on any atom is -0.374 e. The highest BCUT2D eigenvalue weighted by molar-refractivity contribution is 5.38. The van der Waals surface area contributed by atoms with Crippen LogP contribution in [0.2, 0.25) is 0 Å². The van der Waals surface area contributed by atoms with Gasteiger partial charge in [0.1, 0.15) is 5.82 Å². The first kappa shape index (κ1) is 11.4. The van der Waals surface area contributed by atoms with E-state index in [0.29, 0.717) is 0 Å². The van der Waals surface area contributed by atoms with E-state index in [1.54, 1.807) is 0 Å². The number of hydrogen-bond acceptors (Lipinski definition) is 4. The minimum atomic E-state index is 0.266. The molecule has 1 aromatic heterocycles. The number of ether oxygens (including phenoxy) is 1. The second kappa shape index (κ2) is 5.27. The third-order valence-corrected chi connectivity index (χ3v) is 2.77. The molecule has 1 N–H and O–H groups in total. The van der Waals surface area contributed by atoms with Crippen LogP contribution in [0.15, 0.2) is 18.3 Å². The first-order valence-electron chi connectivity index (χ1n) is 5.72. The molecule has 2 rings (SSSR count). The van der Waals surface area contributed by atoms with Gasteiger partial charge in [-0.25, -0.2) is 4.98 Å². The number of anilines is 1. The average Bonchev–Trinajstić information content (AvgIpc) is 2.31. The summed E-state index contributed by atoms with van der Waals surface area (Å²) in [4.78, 5) is 6.53. The molecule has 0 spiro atoms. The Kier molecular flexibility index (Phi) is 3.74. The largest absolute Gasteiger partial charge is 0.374 e. The summed E-state index contributed by atoms with van der Waals surface area (Å²) >= 11 is 0. The Morgan fingerprint density at radius 2 is 2.44 bits per heavy atom. The number of nitrogens with one attached hydrogen (secondary N) is 1. The molecule has 2 heterocycles. The molecule has 0 bridgehead atoms. The lowest BCUT2D eigenvalue weighted by atomic mass is 10.2. The van der Waals surface area contributed by atoms with Gasteiger partial charge in [0.25, 0.3) is 0 Å². The minimum absolute atomic E-state index is 0.266. The van der Waals surface area contributed by atoms with Gasteiger partial charge >= 0.3 is 0 Å². The van der Waals surface area contributed by atoms with Crippen LogP contribution >= 0.6 is 0 Å². The Morgan fingerprint density at radius 3 is 3.06 bits per heavy atom. The van der Waals surface area contributed by atoms with E-state index in [1.807, 2.05) is 19.2 Å². The molecule has 1 atom stereocenters. The maximum atomic E-state index is 5.66. The molecule has 1 aliphatic rings. The number of likely N-dealkylation sites (N-methyl/N-ethyl adjacent to an activating group) is 1. The molecule has 1 saturated heterocycles. The maximum absolute atomic E-state index is 5.66. The summed E-state index contributed by atoms with van der Waals surface area (Å²) < 4.78 is 5.66. The van der Waals surface area contributed by atoms with Gasteiger partial charge < -0.3 is 15.0 Å². The van der Waals surface area contributed by atoms with Crippen LogP contribution < -0.4 is 10.2 Å². The summed E-state index contributed by atoms with van der Waals surface area (Å²) in [6.07, 6.45) is 2.16. The Labute approximate surface area is 96.6 Å². The number of nitrogens with zero attached hydrogens (tertiary/aromatic N) is 2. The molecule has 88 valence electrons. The van der Waals surface area contributed by atoms with E-state index >= 15 is 0 Å². The monoisotopic (exact) mass is 221 g/mol. The van der Waals surface area contributed by atoms with E-state index in [-0.39, 0.29) is 6.10 Å². The molecule has 0 amide bonds. The maximum Gasteiger partial charge on any atom is 0.128 e. The zero-order chi connectivity index (χ0) is 11.4. The molecule has 1 fully saturated rings. The summed E-state index contributed by atoms with van der Waals surface area (Å²) in [6.45, 7) is 5.62. The Morgan fingerprint density at radius 1 is 1.56 bits per heavy atom. The number of rotatable bonds is 3. The normalized spacial score (nSPS) is 20.8. The van der Waals surface area contributed by atoms with Gasteiger partial charge in [0.05, 0.1) is 12.7 Å². The number of pyridine rings is 1. The first-order valence-corrected chi connectivity index (χ1v) is 5.72. The second-order valence-electron chi connectivity index (χ2n) is 4.27. The second-order valence-corrected chi connectivity index (χ2v) is 4.27. The summed E-state index contributed by atoms with van der Waals surface area (Å²) in [5.41, 5.74) is 1.19. The van der Waals surface area contributed by atoms with Gasteiger partial charge in [0, 0.05) is 32.9 Å². The lowest BCUT2D eigenvalue weighted by Crippen LogP contribution is -2.44. The lowest BCUT2D eigenvalue weighted by molar-refractivity contribution is 0.0339. The number of hydrogen-bond donors (Lipinski definition) is 1. The Hall–Kier alpha value is -1.13. The van der Waals surface area contributed by atoms with Gasteiger partial charge in [0.15, 0.2) is 0 Å². The summed E-state index contributed by atoms with van der Waals surface area (Å²) in [7, 11) is 2.05. The van der Waals surface area contributed by atoms with Crippen molar-refractivity contribution in [1.82, 2.24) is 10.3 Å². The fourth-order valence-electron chi connectivity index (χ4n) is 1.82. The molecular weight excluding hydrogens is 202 g/mol. The lowest BCUT2D eigenvalue weighted by Gasteiger charge is -2.28. The Balaban J connectivity index is 1.91. The molecule has 4 nitrogen and oxygen atoms in total. The molecule has 0 aromatic carbocycles. The number of aromatic nitrogens is 1. The van der Waals surface area contributed by atoms with Gasteiger partial charge in [-0.1, -0.05) is 6.07 Å². The van der Waals surface area contributed by atoms with Crippen LogP contribution in [0.1, 0.15) is 5.56 Å². The molecular formula is C12H19N3O. The predicted molar refractivity (Wildman–Crippen MR) is 64.9 cm³/mol. The fraction of sp³-hybridized carbons (Fsp3) is 0.583. The van der Waals surface area contributed by atoms with Gasteiger partial charge in [-0.3, -0.25) is 0 Å². The van der Waals surface area contributed by atoms with Gasteiger partial charge in [0.2, 0.25) is 0 Å². The molecule has 0 aliphatic carbocycles. The van der Waals surface area contributed by atoms with E-state index in [4.69, 9.17) is 4.74 Å². The summed E-state index contributed by atoms with van der Waals surface area (Å²) in [6, 6.07) is 4.13. The quantitative estimate of drug-likeness (QED) is 0.820. The molecule has 1 aromatic rings. The van der Waals surface area contributed by atoms with E-state index in [1.165, 1.54) is 5.56 Å². The van der Waals surface area contributed by atoms with Gasteiger partial charge in [-0.05, 0) is 18.6 Å². The van der Waals surface area contributed by atoms with Gasteiger partial charge in [-0.2, -0.15) is 0 Å². The van der Waals surface area contributed by atoms with Crippen molar-refractivity contribution in [2.24, 2.45) is 0 Å². The first-order chi connectivity index (χ1) is 7.75. The molecule has 1 unspecified atom stereocenters. The van der Waals surface area contributed by atoms with E-state index < -0.39 is 0 Å². The standard InChI is InChI=1S/C12H19N3O/c1-10-3-4-12(14-7-10)15(2)9-11-8-13-5-6-16-11/h3-4,7,11,13H,5-6,8-9H2,1-2H3. The zero-order valence-corrected chi connectivity index (χ0v) is 9.94. The van der Waals surface area contributed by atoms with Gasteiger partial charge in [-0.15, -0.1) is 0 Å². The third kappa shape index (κ3) is 2.93. The molecule has 0 saturated carbocycles. The topological polar surface area (TPSA) is 37.4 Å². The molecule has 0 radical (unpaired) electrons. The summed E-state index contributed by atoms with van der Waals surface area (Å²) in [5, 5.41) is 3.33. The van der Waals surface area contributed by atoms with Crippen LogP contribution in [0.3, 0.4) is 0 Å². The van der Waals surface area contributed by atoms with E-state index in [9.17, 15) is 0 Å². The van der Waals surface area contributed by atoms with Crippen molar-refractivity contribution in [3.63, 3.8) is 0 Å². The molecule has 4 heteroatoms. The van der Waals surface area contributed by atoms with Crippen molar-refractivity contribution >= 4 is 5.82 Å². The zero-order valence-electron chi connectivity index (χ0n) is 9.94. The molecule has 16 heavy (non-hydrogen) atoms. The number of morpholine rings is 1. The predicted octanol–water partition coefficient (Wildman–Crippen LogP) is 0.815. The van der Waals surface area contributed by atoms with Crippen LogP contribution in [-0.4, -0.2) is 44.4 Å². The van der Waals surface area contributed by atoms with E-state index in [0.717, 1.165) is 32.1 Å². The van der Waals surface area contributed by atoms with Crippen molar-refractivity contribution in [1.29, 1.82) is 0 Å². The van der Waals surface area contributed by atoms with Crippen LogP contribution in [0, 0.1) is 6.92 Å². The van der Waals surface area contributed by atoms with Crippen molar-refractivity contribution in [2.75, 3.05) is 38.2 Å². The van der Waals surface area contributed by atoms with Crippen LogP contribution in [0.4, 0.5) is 5.82 Å². The van der Waals surface area contributed by atoms with Crippen molar-refractivity contribution in [2.45, 2.75) is 13.0 Å². The highest BCUT2D eigenvalue weighted by Gasteiger charge is 2.15. The number of aryl methyl sites for hydroxylation is 1. The molecule has 1 aliphatic heterocycles. The summed E-state index contributed by atoms with van der Waals surface area (Å²) in [5.74, 6) is 1.000. The fourth-order valence-corrected chi connectivity index (χ4v) is 1.82. The Bertz CT molecular complexity index is 320. The SMILES string of the molecule is Cc1ccc(N(C)CC2CNCCO2)nc1. The van der Waals surface area contributed by atoms with Crippen molar-refractivity contribution < 1.29 is 4.74 Å². The highest BCUT2D eigenvalue weighted by atomic mass is 16.5.